The van der Waals surface area contributed by atoms with Gasteiger partial charge in [0.25, 0.3) is 0 Å². The van der Waals surface area contributed by atoms with Gasteiger partial charge in [0, 0.05) is 19.8 Å². The average molecular weight is 276 g/mol. The summed E-state index contributed by atoms with van der Waals surface area (Å²) in [6, 6.07) is 1.01. The van der Waals surface area contributed by atoms with E-state index in [1.165, 1.54) is 0 Å². The molecule has 108 valence electrons. The third-order valence-electron chi connectivity index (χ3n) is 2.85. The number of ether oxygens (including phenoxy) is 2. The van der Waals surface area contributed by atoms with E-state index in [0.29, 0.717) is 6.10 Å². The highest BCUT2D eigenvalue weighted by atomic mass is 28.4. The van der Waals surface area contributed by atoms with Gasteiger partial charge in [0.1, 0.15) is 6.10 Å². The summed E-state index contributed by atoms with van der Waals surface area (Å²) in [4.78, 5) is 0. The molecule has 0 aromatic carbocycles. The maximum atomic E-state index is 5.96. The SMILES string of the molecule is CCCO[Si](C)(CCCOC[C@H]1CO1)OCCC. The van der Waals surface area contributed by atoms with Gasteiger partial charge in [-0.15, -0.1) is 0 Å². The first-order valence-corrected chi connectivity index (χ1v) is 9.70. The molecule has 1 saturated heterocycles. The van der Waals surface area contributed by atoms with Crippen molar-refractivity contribution in [3.8, 4) is 0 Å². The molecule has 1 rings (SSSR count). The second-order valence-electron chi connectivity index (χ2n) is 4.96. The van der Waals surface area contributed by atoms with Gasteiger partial charge in [-0.25, -0.2) is 0 Å². The first-order valence-electron chi connectivity index (χ1n) is 7.17. The standard InChI is InChI=1S/C13H28O4Si/c1-4-7-16-18(3,17-8-5-2)10-6-9-14-11-13-12-15-13/h13H,4-12H2,1-3H3/t13-/m0/s1. The zero-order valence-electron chi connectivity index (χ0n) is 12.1. The van der Waals surface area contributed by atoms with Crippen LogP contribution in [0.15, 0.2) is 0 Å². The molecule has 0 saturated carbocycles. The number of hydrogen-bond acceptors (Lipinski definition) is 4. The summed E-state index contributed by atoms with van der Waals surface area (Å²) in [5.41, 5.74) is 0. The van der Waals surface area contributed by atoms with Gasteiger partial charge in [0.15, 0.2) is 0 Å². The lowest BCUT2D eigenvalue weighted by Gasteiger charge is -2.26. The fourth-order valence-corrected chi connectivity index (χ4v) is 4.13. The molecular weight excluding hydrogens is 248 g/mol. The minimum absolute atomic E-state index is 0.362. The van der Waals surface area contributed by atoms with Crippen LogP contribution in [0.4, 0.5) is 0 Å². The predicted octanol–water partition coefficient (Wildman–Crippen LogP) is 2.72. The quantitative estimate of drug-likeness (QED) is 0.312. The van der Waals surface area contributed by atoms with Crippen LogP contribution < -0.4 is 0 Å². The Hall–Kier alpha value is 0.0569. The van der Waals surface area contributed by atoms with Crippen LogP contribution in [0, 0.1) is 0 Å². The Morgan fingerprint density at radius 1 is 1.11 bits per heavy atom. The molecule has 0 aromatic rings. The highest BCUT2D eigenvalue weighted by Crippen LogP contribution is 2.17. The zero-order chi connectivity index (χ0) is 13.3. The van der Waals surface area contributed by atoms with E-state index in [0.717, 1.165) is 58.3 Å². The molecule has 0 unspecified atom stereocenters. The van der Waals surface area contributed by atoms with Crippen LogP contribution in [0.5, 0.6) is 0 Å². The Balaban J connectivity index is 2.11. The Bertz CT molecular complexity index is 201. The van der Waals surface area contributed by atoms with Crippen molar-refractivity contribution >= 4 is 8.56 Å². The predicted molar refractivity (Wildman–Crippen MR) is 74.1 cm³/mol. The molecule has 5 heteroatoms. The molecule has 0 aliphatic carbocycles. The van der Waals surface area contributed by atoms with Crippen molar-refractivity contribution in [1.29, 1.82) is 0 Å². The minimum Gasteiger partial charge on any atom is -0.394 e. The van der Waals surface area contributed by atoms with Gasteiger partial charge in [-0.1, -0.05) is 13.8 Å². The Morgan fingerprint density at radius 2 is 1.72 bits per heavy atom. The van der Waals surface area contributed by atoms with Gasteiger partial charge in [0.05, 0.1) is 13.2 Å². The van der Waals surface area contributed by atoms with E-state index in [1.807, 2.05) is 0 Å². The summed E-state index contributed by atoms with van der Waals surface area (Å²) >= 11 is 0. The molecule has 0 radical (unpaired) electrons. The van der Waals surface area contributed by atoms with E-state index >= 15 is 0 Å². The molecule has 0 bridgehead atoms. The normalized spacial score (nSPS) is 19.2. The van der Waals surface area contributed by atoms with E-state index in [-0.39, 0.29) is 0 Å². The smallest absolute Gasteiger partial charge is 0.335 e. The highest BCUT2D eigenvalue weighted by molar-refractivity contribution is 6.66. The topological polar surface area (TPSA) is 40.2 Å². The minimum atomic E-state index is -1.96. The first-order chi connectivity index (χ1) is 8.70. The summed E-state index contributed by atoms with van der Waals surface area (Å²) < 4.78 is 22.6. The maximum Gasteiger partial charge on any atom is 0.335 e. The van der Waals surface area contributed by atoms with Crippen molar-refractivity contribution in [1.82, 2.24) is 0 Å². The number of epoxide rings is 1. The van der Waals surface area contributed by atoms with Crippen LogP contribution in [-0.4, -0.2) is 47.7 Å². The molecular formula is C13H28O4Si. The van der Waals surface area contributed by atoms with Crippen molar-refractivity contribution in [2.45, 2.75) is 51.8 Å². The first kappa shape index (κ1) is 16.1. The van der Waals surface area contributed by atoms with Gasteiger partial charge >= 0.3 is 8.56 Å². The van der Waals surface area contributed by atoms with E-state index < -0.39 is 8.56 Å². The molecule has 1 aliphatic heterocycles. The maximum absolute atomic E-state index is 5.96. The number of rotatable bonds is 12. The molecule has 1 aliphatic rings. The number of hydrogen-bond donors (Lipinski definition) is 0. The molecule has 0 N–H and O–H groups in total. The molecule has 18 heavy (non-hydrogen) atoms. The van der Waals surface area contributed by atoms with Crippen LogP contribution in [0.25, 0.3) is 0 Å². The molecule has 0 aromatic heterocycles. The van der Waals surface area contributed by atoms with Crippen molar-refractivity contribution < 1.29 is 18.3 Å². The van der Waals surface area contributed by atoms with Crippen molar-refractivity contribution in [3.05, 3.63) is 0 Å². The van der Waals surface area contributed by atoms with Gasteiger partial charge in [0.2, 0.25) is 0 Å². The fraction of sp³-hybridized carbons (Fsp3) is 1.00. The third kappa shape index (κ3) is 7.48. The second kappa shape index (κ2) is 9.04. The van der Waals surface area contributed by atoms with E-state index in [9.17, 15) is 0 Å². The second-order valence-corrected chi connectivity index (χ2v) is 8.31. The van der Waals surface area contributed by atoms with Crippen LogP contribution in [-0.2, 0) is 18.3 Å². The van der Waals surface area contributed by atoms with Crippen LogP contribution in [0.2, 0.25) is 12.6 Å². The lowest BCUT2D eigenvalue weighted by molar-refractivity contribution is 0.112. The van der Waals surface area contributed by atoms with E-state index in [1.54, 1.807) is 0 Å². The lowest BCUT2D eigenvalue weighted by Crippen LogP contribution is -2.39. The van der Waals surface area contributed by atoms with Gasteiger partial charge < -0.3 is 18.3 Å². The zero-order valence-corrected chi connectivity index (χ0v) is 13.1. The summed E-state index contributed by atoms with van der Waals surface area (Å²) in [7, 11) is -1.96. The highest BCUT2D eigenvalue weighted by Gasteiger charge is 2.30. The molecule has 0 amide bonds. The summed E-state index contributed by atoms with van der Waals surface area (Å²) in [6.07, 6.45) is 3.48. The van der Waals surface area contributed by atoms with Crippen molar-refractivity contribution in [2.24, 2.45) is 0 Å². The Morgan fingerprint density at radius 3 is 2.22 bits per heavy atom. The van der Waals surface area contributed by atoms with Gasteiger partial charge in [-0.2, -0.15) is 0 Å². The van der Waals surface area contributed by atoms with E-state index in [2.05, 4.69) is 20.4 Å². The lowest BCUT2D eigenvalue weighted by atomic mass is 10.5. The average Bonchev–Trinajstić information content (AvgIpc) is 3.18. The summed E-state index contributed by atoms with van der Waals surface area (Å²) in [5.74, 6) is 0. The van der Waals surface area contributed by atoms with Crippen LogP contribution in [0.1, 0.15) is 33.1 Å². The van der Waals surface area contributed by atoms with Crippen molar-refractivity contribution in [2.75, 3.05) is 33.0 Å². The van der Waals surface area contributed by atoms with Crippen LogP contribution in [0.3, 0.4) is 0 Å². The summed E-state index contributed by atoms with van der Waals surface area (Å²) in [5, 5.41) is 0. The summed E-state index contributed by atoms with van der Waals surface area (Å²) in [6.45, 7) is 10.4. The molecule has 1 atom stereocenters. The van der Waals surface area contributed by atoms with Gasteiger partial charge in [-0.05, 0) is 31.9 Å². The molecule has 1 fully saturated rings. The Kier molecular flexibility index (Phi) is 8.09. The van der Waals surface area contributed by atoms with Crippen molar-refractivity contribution in [3.63, 3.8) is 0 Å². The van der Waals surface area contributed by atoms with E-state index in [4.69, 9.17) is 18.3 Å². The largest absolute Gasteiger partial charge is 0.394 e. The fourth-order valence-electron chi connectivity index (χ4n) is 1.70. The van der Waals surface area contributed by atoms with Crippen LogP contribution >= 0.6 is 0 Å². The molecule has 0 spiro atoms. The third-order valence-corrected chi connectivity index (χ3v) is 5.74. The molecule has 1 heterocycles. The monoisotopic (exact) mass is 276 g/mol. The molecule has 4 nitrogen and oxygen atoms in total. The van der Waals surface area contributed by atoms with Gasteiger partial charge in [-0.3, -0.25) is 0 Å². The Labute approximate surface area is 112 Å².